The van der Waals surface area contributed by atoms with Crippen molar-refractivity contribution in [3.63, 3.8) is 0 Å². The number of pyridine rings is 1. The van der Waals surface area contributed by atoms with Gasteiger partial charge in [-0.25, -0.2) is 4.98 Å². The van der Waals surface area contributed by atoms with E-state index in [1.54, 1.807) is 12.4 Å². The minimum atomic E-state index is -0.0193. The summed E-state index contributed by atoms with van der Waals surface area (Å²) in [4.78, 5) is 20.4. The Morgan fingerprint density at radius 3 is 3.10 bits per heavy atom. The van der Waals surface area contributed by atoms with Crippen molar-refractivity contribution in [2.45, 2.75) is 25.3 Å². The number of rotatable bonds is 6. The van der Waals surface area contributed by atoms with Gasteiger partial charge >= 0.3 is 0 Å². The maximum absolute atomic E-state index is 11.9. The summed E-state index contributed by atoms with van der Waals surface area (Å²) in [6, 6.07) is 3.93. The van der Waals surface area contributed by atoms with Crippen molar-refractivity contribution in [3.8, 4) is 10.6 Å². The maximum atomic E-state index is 11.9. The first kappa shape index (κ1) is 14.2. The van der Waals surface area contributed by atoms with E-state index in [4.69, 9.17) is 5.73 Å². The van der Waals surface area contributed by atoms with Gasteiger partial charge in [-0.1, -0.05) is 0 Å². The van der Waals surface area contributed by atoms with Gasteiger partial charge in [0.2, 0.25) is 5.91 Å². The fraction of sp³-hybridized carbons (Fsp3) is 0.400. The van der Waals surface area contributed by atoms with E-state index < -0.39 is 0 Å². The van der Waals surface area contributed by atoms with Crippen molar-refractivity contribution in [2.24, 2.45) is 11.7 Å². The fourth-order valence-corrected chi connectivity index (χ4v) is 2.97. The molecular weight excluding hydrogens is 284 g/mol. The Balaban J connectivity index is 1.53. The molecule has 1 saturated carbocycles. The molecule has 0 saturated heterocycles. The number of aromatic nitrogens is 2. The summed E-state index contributed by atoms with van der Waals surface area (Å²) in [5.41, 5.74) is 7.73. The molecule has 3 N–H and O–H groups in total. The lowest BCUT2D eigenvalue weighted by Crippen LogP contribution is -2.39. The van der Waals surface area contributed by atoms with Crippen LogP contribution in [-0.4, -0.2) is 28.5 Å². The van der Waals surface area contributed by atoms with Crippen LogP contribution >= 0.6 is 11.3 Å². The Bertz CT molecular complexity index is 609. The highest BCUT2D eigenvalue weighted by atomic mass is 32.1. The fourth-order valence-electron chi connectivity index (χ4n) is 2.16. The van der Waals surface area contributed by atoms with Crippen LogP contribution in [0.5, 0.6) is 0 Å². The summed E-state index contributed by atoms with van der Waals surface area (Å²) in [7, 11) is 0. The molecule has 0 aliphatic heterocycles. The maximum Gasteiger partial charge on any atom is 0.226 e. The summed E-state index contributed by atoms with van der Waals surface area (Å²) in [6.07, 6.45) is 6.19. The third-order valence-electron chi connectivity index (χ3n) is 3.56. The van der Waals surface area contributed by atoms with E-state index in [0.717, 1.165) is 16.3 Å². The number of hydrogen-bond donors (Lipinski definition) is 2. The van der Waals surface area contributed by atoms with Gasteiger partial charge in [-0.3, -0.25) is 9.78 Å². The second-order valence-corrected chi connectivity index (χ2v) is 6.23. The van der Waals surface area contributed by atoms with Crippen LogP contribution < -0.4 is 11.1 Å². The van der Waals surface area contributed by atoms with Crippen LogP contribution in [0, 0.1) is 5.92 Å². The molecule has 1 aliphatic rings. The van der Waals surface area contributed by atoms with Crippen LogP contribution in [0.3, 0.4) is 0 Å². The first-order valence-corrected chi connectivity index (χ1v) is 7.97. The summed E-state index contributed by atoms with van der Waals surface area (Å²) in [6.45, 7) is 0.559. The molecule has 1 fully saturated rings. The Morgan fingerprint density at radius 2 is 2.38 bits per heavy atom. The van der Waals surface area contributed by atoms with Gasteiger partial charge in [-0.15, -0.1) is 11.3 Å². The zero-order valence-electron chi connectivity index (χ0n) is 11.7. The highest BCUT2D eigenvalue weighted by molar-refractivity contribution is 7.13. The summed E-state index contributed by atoms with van der Waals surface area (Å²) in [5, 5.41) is 5.70. The largest absolute Gasteiger partial charge is 0.354 e. The number of nitrogens with zero attached hydrogens (tertiary/aromatic N) is 2. The van der Waals surface area contributed by atoms with Crippen molar-refractivity contribution in [1.29, 1.82) is 0 Å². The summed E-state index contributed by atoms with van der Waals surface area (Å²) in [5.74, 6) is 0.580. The number of thiazole rings is 1. The predicted octanol–water partition coefficient (Wildman–Crippen LogP) is 1.60. The van der Waals surface area contributed by atoms with Gasteiger partial charge in [-0.2, -0.15) is 0 Å². The quantitative estimate of drug-likeness (QED) is 0.849. The molecule has 1 amide bonds. The zero-order chi connectivity index (χ0) is 14.7. The minimum Gasteiger partial charge on any atom is -0.354 e. The average molecular weight is 302 g/mol. The topological polar surface area (TPSA) is 80.9 Å². The summed E-state index contributed by atoms with van der Waals surface area (Å²) < 4.78 is 0. The van der Waals surface area contributed by atoms with Crippen LogP contribution in [0.15, 0.2) is 29.9 Å². The number of nitrogens with two attached hydrogens (primary N) is 1. The molecule has 6 heteroatoms. The van der Waals surface area contributed by atoms with Crippen molar-refractivity contribution < 1.29 is 4.79 Å². The Labute approximate surface area is 127 Å². The van der Waals surface area contributed by atoms with E-state index >= 15 is 0 Å². The Morgan fingerprint density at radius 1 is 1.52 bits per heavy atom. The first-order valence-electron chi connectivity index (χ1n) is 7.09. The van der Waals surface area contributed by atoms with E-state index in [2.05, 4.69) is 15.3 Å². The Hall–Kier alpha value is -1.79. The van der Waals surface area contributed by atoms with Crippen LogP contribution in [0.2, 0.25) is 0 Å². The van der Waals surface area contributed by atoms with Gasteiger partial charge in [0.15, 0.2) is 0 Å². The van der Waals surface area contributed by atoms with Crippen molar-refractivity contribution >= 4 is 17.2 Å². The lowest BCUT2D eigenvalue weighted by Gasteiger charge is -2.10. The van der Waals surface area contributed by atoms with Crippen LogP contribution in [0.25, 0.3) is 10.6 Å². The highest BCUT2D eigenvalue weighted by Gasteiger charge is 2.28. The van der Waals surface area contributed by atoms with Gasteiger partial charge in [0.05, 0.1) is 12.1 Å². The number of nitrogens with one attached hydrogen (secondary N) is 1. The number of amides is 1. The van der Waals surface area contributed by atoms with Gasteiger partial charge in [-0.05, 0) is 30.9 Å². The number of carbonyl (C=O) groups excluding carboxylic acids is 1. The van der Waals surface area contributed by atoms with Gasteiger partial charge < -0.3 is 11.1 Å². The van der Waals surface area contributed by atoms with Crippen LogP contribution in [0.4, 0.5) is 0 Å². The monoisotopic (exact) mass is 302 g/mol. The predicted molar refractivity (Wildman–Crippen MR) is 82.8 cm³/mol. The Kier molecular flexibility index (Phi) is 4.26. The summed E-state index contributed by atoms with van der Waals surface area (Å²) >= 11 is 1.53. The molecule has 3 rings (SSSR count). The molecule has 1 aliphatic carbocycles. The molecule has 2 aromatic rings. The smallest absolute Gasteiger partial charge is 0.226 e. The second-order valence-electron chi connectivity index (χ2n) is 5.37. The van der Waals surface area contributed by atoms with Gasteiger partial charge in [0.25, 0.3) is 0 Å². The molecular formula is C15H18N4OS. The standard InChI is InChI=1S/C15H18N4OS/c16-13(10-3-4-10)8-18-14(20)6-12-9-21-15(19-12)11-2-1-5-17-7-11/h1-2,5,7,9-10,13H,3-4,6,8,16H2,(H,18,20). The van der Waals surface area contributed by atoms with Crippen molar-refractivity contribution in [3.05, 3.63) is 35.6 Å². The molecule has 0 bridgehead atoms. The lowest BCUT2D eigenvalue weighted by molar-refractivity contribution is -0.120. The molecule has 1 unspecified atom stereocenters. The lowest BCUT2D eigenvalue weighted by atomic mass is 10.2. The van der Waals surface area contributed by atoms with Crippen LogP contribution in [-0.2, 0) is 11.2 Å². The average Bonchev–Trinajstić information content (AvgIpc) is 3.26. The van der Waals surface area contributed by atoms with Crippen LogP contribution in [0.1, 0.15) is 18.5 Å². The molecule has 110 valence electrons. The molecule has 5 nitrogen and oxygen atoms in total. The van der Waals surface area contributed by atoms with E-state index in [9.17, 15) is 4.79 Å². The zero-order valence-corrected chi connectivity index (χ0v) is 12.5. The van der Waals surface area contributed by atoms with E-state index in [1.165, 1.54) is 24.2 Å². The second kappa shape index (κ2) is 6.32. The highest BCUT2D eigenvalue weighted by Crippen LogP contribution is 2.31. The van der Waals surface area contributed by atoms with Gasteiger partial charge in [0.1, 0.15) is 5.01 Å². The molecule has 0 radical (unpaired) electrons. The molecule has 0 spiro atoms. The third kappa shape index (κ3) is 3.86. The normalized spacial score (nSPS) is 15.7. The molecule has 2 aromatic heterocycles. The number of carbonyl (C=O) groups is 1. The molecule has 1 atom stereocenters. The number of hydrogen-bond acceptors (Lipinski definition) is 5. The SMILES string of the molecule is NC(CNC(=O)Cc1csc(-c2cccnc2)n1)C1CC1. The van der Waals surface area contributed by atoms with E-state index in [-0.39, 0.29) is 11.9 Å². The molecule has 0 aromatic carbocycles. The molecule has 21 heavy (non-hydrogen) atoms. The minimum absolute atomic E-state index is 0.0193. The van der Waals surface area contributed by atoms with Gasteiger partial charge in [0, 0.05) is 35.9 Å². The van der Waals surface area contributed by atoms with E-state index in [1.807, 2.05) is 17.5 Å². The van der Waals surface area contributed by atoms with E-state index in [0.29, 0.717) is 18.9 Å². The first-order chi connectivity index (χ1) is 10.2. The molecule has 2 heterocycles. The van der Waals surface area contributed by atoms with Crippen molar-refractivity contribution in [1.82, 2.24) is 15.3 Å². The van der Waals surface area contributed by atoms with Crippen molar-refractivity contribution in [2.75, 3.05) is 6.54 Å². The third-order valence-corrected chi connectivity index (χ3v) is 4.50.